The number of anilines is 1. The molecule has 6 heteroatoms. The summed E-state index contributed by atoms with van der Waals surface area (Å²) in [4.78, 5) is 12.1. The third kappa shape index (κ3) is 3.32. The minimum Gasteiger partial charge on any atom is -0.397 e. The highest BCUT2D eigenvalue weighted by molar-refractivity contribution is 6.43. The van der Waals surface area contributed by atoms with Gasteiger partial charge in [0.25, 0.3) is 5.91 Å². The molecule has 0 bridgehead atoms. The Bertz CT molecular complexity index is 471. The number of halogens is 2. The quantitative estimate of drug-likeness (QED) is 0.735. The molecular weight excluding hydrogens is 287 g/mol. The van der Waals surface area contributed by atoms with E-state index in [1.54, 1.807) is 0 Å². The van der Waals surface area contributed by atoms with Gasteiger partial charge in [0.2, 0.25) is 0 Å². The van der Waals surface area contributed by atoms with Crippen LogP contribution in [0.3, 0.4) is 0 Å². The van der Waals surface area contributed by atoms with E-state index in [2.05, 4.69) is 5.32 Å². The second-order valence-electron chi connectivity index (χ2n) is 4.79. The smallest absolute Gasteiger partial charge is 0.251 e. The van der Waals surface area contributed by atoms with Gasteiger partial charge in [0.05, 0.1) is 27.9 Å². The van der Waals surface area contributed by atoms with Crippen molar-refractivity contribution in [2.75, 3.05) is 5.73 Å². The number of carbonyl (C=O) groups is 1. The van der Waals surface area contributed by atoms with Crippen LogP contribution < -0.4 is 11.1 Å². The molecule has 2 rings (SSSR count). The third-order valence-electron chi connectivity index (χ3n) is 3.36. The maximum Gasteiger partial charge on any atom is 0.251 e. The van der Waals surface area contributed by atoms with Gasteiger partial charge in [0.1, 0.15) is 0 Å². The number of aliphatic hydroxyl groups excluding tert-OH is 1. The molecule has 0 radical (unpaired) electrons. The first kappa shape index (κ1) is 14.4. The second-order valence-corrected chi connectivity index (χ2v) is 5.58. The Kier molecular flexibility index (Phi) is 4.55. The van der Waals surface area contributed by atoms with Crippen LogP contribution in [0.25, 0.3) is 0 Å². The van der Waals surface area contributed by atoms with Crippen molar-refractivity contribution in [3.05, 3.63) is 27.7 Å². The highest BCUT2D eigenvalue weighted by Gasteiger charge is 2.25. The van der Waals surface area contributed by atoms with E-state index in [4.69, 9.17) is 28.9 Å². The number of nitrogens with one attached hydrogen (secondary N) is 1. The zero-order chi connectivity index (χ0) is 14.0. The Labute approximate surface area is 121 Å². The van der Waals surface area contributed by atoms with Crippen LogP contribution in [0.1, 0.15) is 36.0 Å². The molecule has 0 aliphatic heterocycles. The first-order valence-electron chi connectivity index (χ1n) is 6.22. The summed E-state index contributed by atoms with van der Waals surface area (Å²) < 4.78 is 0. The fraction of sp³-hybridized carbons (Fsp3) is 0.462. The van der Waals surface area contributed by atoms with Gasteiger partial charge in [-0.2, -0.15) is 0 Å². The number of benzene rings is 1. The van der Waals surface area contributed by atoms with Gasteiger partial charge < -0.3 is 16.2 Å². The topological polar surface area (TPSA) is 75.4 Å². The first-order chi connectivity index (χ1) is 8.99. The highest BCUT2D eigenvalue weighted by atomic mass is 35.5. The predicted molar refractivity (Wildman–Crippen MR) is 76.6 cm³/mol. The number of rotatable bonds is 2. The first-order valence-corrected chi connectivity index (χ1v) is 6.98. The second kappa shape index (κ2) is 5.99. The van der Waals surface area contributed by atoms with E-state index in [0.717, 1.165) is 19.3 Å². The number of aliphatic hydroxyl groups is 1. The van der Waals surface area contributed by atoms with Crippen molar-refractivity contribution in [1.82, 2.24) is 5.32 Å². The standard InChI is InChI=1S/C13H16Cl2N2O2/c14-8-5-7(6-9(16)12(8)15)13(19)17-10-3-1-2-4-11(10)18/h5-6,10-11,18H,1-4,16H2,(H,17,19)/t10-,11-/m1/s1. The van der Waals surface area contributed by atoms with Crippen LogP contribution in [-0.4, -0.2) is 23.2 Å². The molecule has 1 aromatic carbocycles. The summed E-state index contributed by atoms with van der Waals surface area (Å²) in [5, 5.41) is 13.1. The van der Waals surface area contributed by atoms with Crippen LogP contribution >= 0.6 is 23.2 Å². The lowest BCUT2D eigenvalue weighted by Gasteiger charge is -2.28. The van der Waals surface area contributed by atoms with Crippen molar-refractivity contribution in [2.24, 2.45) is 0 Å². The zero-order valence-corrected chi connectivity index (χ0v) is 11.8. The molecule has 1 amide bonds. The molecule has 0 aromatic heterocycles. The Balaban J connectivity index is 2.11. The molecule has 1 aliphatic carbocycles. The molecular formula is C13H16Cl2N2O2. The number of hydrogen-bond acceptors (Lipinski definition) is 3. The van der Waals surface area contributed by atoms with E-state index in [1.807, 2.05) is 0 Å². The Morgan fingerprint density at radius 2 is 2.00 bits per heavy atom. The van der Waals surface area contributed by atoms with Gasteiger partial charge in [-0.15, -0.1) is 0 Å². The fourth-order valence-electron chi connectivity index (χ4n) is 2.27. The number of carbonyl (C=O) groups excluding carboxylic acids is 1. The van der Waals surface area contributed by atoms with Crippen LogP contribution in [0.2, 0.25) is 10.0 Å². The molecule has 0 spiro atoms. The summed E-state index contributed by atoms with van der Waals surface area (Å²) in [6.07, 6.45) is 3.01. The Morgan fingerprint density at radius 3 is 2.63 bits per heavy atom. The van der Waals surface area contributed by atoms with Crippen molar-refractivity contribution < 1.29 is 9.90 Å². The van der Waals surface area contributed by atoms with Crippen LogP contribution in [0, 0.1) is 0 Å². The van der Waals surface area contributed by atoms with Crippen LogP contribution in [0.4, 0.5) is 5.69 Å². The zero-order valence-electron chi connectivity index (χ0n) is 10.3. The maximum atomic E-state index is 12.1. The van der Waals surface area contributed by atoms with Crippen LogP contribution in [0.5, 0.6) is 0 Å². The van der Waals surface area contributed by atoms with Gasteiger partial charge >= 0.3 is 0 Å². The normalized spacial score (nSPS) is 23.1. The van der Waals surface area contributed by atoms with E-state index < -0.39 is 6.10 Å². The molecule has 19 heavy (non-hydrogen) atoms. The molecule has 104 valence electrons. The minimum atomic E-state index is -0.488. The number of hydrogen-bond donors (Lipinski definition) is 3. The van der Waals surface area contributed by atoms with Gasteiger partial charge in [0, 0.05) is 5.56 Å². The number of nitrogen functional groups attached to an aromatic ring is 1. The average molecular weight is 303 g/mol. The monoisotopic (exact) mass is 302 g/mol. The lowest BCUT2D eigenvalue weighted by molar-refractivity contribution is 0.0717. The summed E-state index contributed by atoms with van der Waals surface area (Å²) in [5.74, 6) is -0.295. The molecule has 4 N–H and O–H groups in total. The van der Waals surface area contributed by atoms with Gasteiger partial charge in [0.15, 0.2) is 0 Å². The van der Waals surface area contributed by atoms with E-state index >= 15 is 0 Å². The molecule has 4 nitrogen and oxygen atoms in total. The molecule has 1 aromatic rings. The van der Waals surface area contributed by atoms with Crippen molar-refractivity contribution in [3.63, 3.8) is 0 Å². The molecule has 0 heterocycles. The number of nitrogens with two attached hydrogens (primary N) is 1. The predicted octanol–water partition coefficient (Wildman–Crippen LogP) is 2.61. The van der Waals surface area contributed by atoms with Gasteiger partial charge in [-0.1, -0.05) is 36.0 Å². The maximum absolute atomic E-state index is 12.1. The van der Waals surface area contributed by atoms with Gasteiger partial charge in [-0.25, -0.2) is 0 Å². The van der Waals surface area contributed by atoms with Crippen molar-refractivity contribution >= 4 is 34.8 Å². The molecule has 2 atom stereocenters. The van der Waals surface area contributed by atoms with E-state index in [-0.39, 0.29) is 27.7 Å². The average Bonchev–Trinajstić information content (AvgIpc) is 2.38. The Hall–Kier alpha value is -0.970. The minimum absolute atomic E-state index is 0.211. The van der Waals surface area contributed by atoms with E-state index in [9.17, 15) is 9.90 Å². The summed E-state index contributed by atoms with van der Waals surface area (Å²) in [5.41, 5.74) is 6.29. The number of amides is 1. The lowest BCUT2D eigenvalue weighted by Crippen LogP contribution is -2.45. The summed E-state index contributed by atoms with van der Waals surface area (Å²) in [6.45, 7) is 0. The Morgan fingerprint density at radius 1 is 1.32 bits per heavy atom. The van der Waals surface area contributed by atoms with Crippen LogP contribution in [0.15, 0.2) is 12.1 Å². The van der Waals surface area contributed by atoms with Crippen molar-refractivity contribution in [2.45, 2.75) is 37.8 Å². The van der Waals surface area contributed by atoms with Gasteiger partial charge in [-0.05, 0) is 25.0 Å². The van der Waals surface area contributed by atoms with Crippen LogP contribution in [-0.2, 0) is 0 Å². The highest BCUT2D eigenvalue weighted by Crippen LogP contribution is 2.29. The molecule has 1 aliphatic rings. The van der Waals surface area contributed by atoms with Crippen molar-refractivity contribution in [1.29, 1.82) is 0 Å². The third-order valence-corrected chi connectivity index (χ3v) is 4.18. The largest absolute Gasteiger partial charge is 0.397 e. The van der Waals surface area contributed by atoms with E-state index in [1.165, 1.54) is 12.1 Å². The van der Waals surface area contributed by atoms with Gasteiger partial charge in [-0.3, -0.25) is 4.79 Å². The summed E-state index contributed by atoms with van der Waals surface area (Å²) in [7, 11) is 0. The fourth-order valence-corrected chi connectivity index (χ4v) is 2.61. The SMILES string of the molecule is Nc1cc(C(=O)N[C@@H]2CCCC[C@H]2O)cc(Cl)c1Cl. The lowest BCUT2D eigenvalue weighted by atomic mass is 9.92. The molecule has 1 fully saturated rings. The molecule has 1 saturated carbocycles. The van der Waals surface area contributed by atoms with E-state index in [0.29, 0.717) is 12.0 Å². The van der Waals surface area contributed by atoms with Crippen molar-refractivity contribution in [3.8, 4) is 0 Å². The summed E-state index contributed by atoms with van der Waals surface area (Å²) >= 11 is 11.7. The molecule has 0 saturated heterocycles. The summed E-state index contributed by atoms with van der Waals surface area (Å²) in [6, 6.07) is 2.75. The molecule has 0 unspecified atom stereocenters.